The van der Waals surface area contributed by atoms with Crippen molar-refractivity contribution in [1.82, 2.24) is 5.32 Å². The van der Waals surface area contributed by atoms with Crippen molar-refractivity contribution in [2.45, 2.75) is 44.6 Å². The number of nitrogens with two attached hydrogens (primary N) is 1. The van der Waals surface area contributed by atoms with Crippen LogP contribution in [-0.4, -0.2) is 18.5 Å². The van der Waals surface area contributed by atoms with Gasteiger partial charge in [0.25, 0.3) is 0 Å². The van der Waals surface area contributed by atoms with Crippen molar-refractivity contribution in [2.75, 3.05) is 6.54 Å². The van der Waals surface area contributed by atoms with E-state index in [2.05, 4.69) is 12.2 Å². The monoisotopic (exact) mass is 296 g/mol. The number of rotatable bonds is 5. The number of halogens is 1. The van der Waals surface area contributed by atoms with Crippen molar-refractivity contribution in [1.29, 1.82) is 0 Å². The lowest BCUT2D eigenvalue weighted by atomic mass is 9.94. The Morgan fingerprint density at radius 2 is 2.05 bits per heavy atom. The molecular formula is C16H25ClN2O. The zero-order chi connectivity index (χ0) is 13.7. The highest BCUT2D eigenvalue weighted by atomic mass is 35.5. The summed E-state index contributed by atoms with van der Waals surface area (Å²) in [5.74, 6) is 0.566. The van der Waals surface area contributed by atoms with Crippen LogP contribution in [0.15, 0.2) is 30.3 Å². The van der Waals surface area contributed by atoms with Crippen LogP contribution in [0.5, 0.6) is 0 Å². The molecule has 0 spiro atoms. The standard InChI is InChI=1S/C16H24N2O.ClH/c1-2-14(12-7-4-3-5-8-12)16(19)18-15-10-6-9-13(15)11-17;/h3-5,7-8,13-15H,2,6,9-11,17H2,1H3,(H,18,19);1H. The van der Waals surface area contributed by atoms with Gasteiger partial charge in [-0.15, -0.1) is 12.4 Å². The molecule has 0 heterocycles. The molecule has 1 aromatic carbocycles. The van der Waals surface area contributed by atoms with Crippen LogP contribution in [0.25, 0.3) is 0 Å². The fraction of sp³-hybridized carbons (Fsp3) is 0.562. The number of hydrogen-bond acceptors (Lipinski definition) is 2. The van der Waals surface area contributed by atoms with Gasteiger partial charge in [-0.05, 0) is 37.3 Å². The SMILES string of the molecule is CCC(C(=O)NC1CCCC1CN)c1ccccc1.Cl. The molecule has 1 aromatic rings. The first kappa shape index (κ1) is 17.0. The van der Waals surface area contributed by atoms with E-state index in [4.69, 9.17) is 5.73 Å². The number of benzene rings is 1. The molecule has 3 nitrogen and oxygen atoms in total. The molecule has 0 saturated heterocycles. The molecule has 3 unspecified atom stereocenters. The van der Waals surface area contributed by atoms with E-state index in [1.54, 1.807) is 0 Å². The predicted molar refractivity (Wildman–Crippen MR) is 85.0 cm³/mol. The largest absolute Gasteiger partial charge is 0.353 e. The van der Waals surface area contributed by atoms with Crippen molar-refractivity contribution in [3.8, 4) is 0 Å². The summed E-state index contributed by atoms with van der Waals surface area (Å²) in [5.41, 5.74) is 6.87. The van der Waals surface area contributed by atoms with E-state index < -0.39 is 0 Å². The van der Waals surface area contributed by atoms with Crippen LogP contribution in [0.1, 0.15) is 44.1 Å². The van der Waals surface area contributed by atoms with Crippen LogP contribution < -0.4 is 11.1 Å². The van der Waals surface area contributed by atoms with Gasteiger partial charge in [0, 0.05) is 6.04 Å². The van der Waals surface area contributed by atoms with Gasteiger partial charge < -0.3 is 11.1 Å². The summed E-state index contributed by atoms with van der Waals surface area (Å²) in [5, 5.41) is 3.21. The zero-order valence-corrected chi connectivity index (χ0v) is 12.9. The van der Waals surface area contributed by atoms with Gasteiger partial charge in [0.05, 0.1) is 5.92 Å². The number of hydrogen-bond donors (Lipinski definition) is 2. The topological polar surface area (TPSA) is 55.1 Å². The molecule has 1 amide bonds. The molecule has 0 aliphatic heterocycles. The van der Waals surface area contributed by atoms with E-state index in [9.17, 15) is 4.79 Å². The Bertz CT molecular complexity index is 410. The second-order valence-corrected chi connectivity index (χ2v) is 5.41. The Morgan fingerprint density at radius 3 is 2.65 bits per heavy atom. The molecule has 0 bridgehead atoms. The van der Waals surface area contributed by atoms with Crippen molar-refractivity contribution < 1.29 is 4.79 Å². The highest BCUT2D eigenvalue weighted by Crippen LogP contribution is 2.26. The van der Waals surface area contributed by atoms with Crippen LogP contribution in [0.2, 0.25) is 0 Å². The van der Waals surface area contributed by atoms with E-state index in [1.165, 1.54) is 6.42 Å². The lowest BCUT2D eigenvalue weighted by Gasteiger charge is -2.23. The maximum atomic E-state index is 12.4. The minimum atomic E-state index is -0.0415. The lowest BCUT2D eigenvalue weighted by molar-refractivity contribution is -0.123. The summed E-state index contributed by atoms with van der Waals surface area (Å²) >= 11 is 0. The normalized spacial score (nSPS) is 22.9. The zero-order valence-electron chi connectivity index (χ0n) is 12.0. The van der Waals surface area contributed by atoms with Crippen LogP contribution >= 0.6 is 12.4 Å². The first-order valence-corrected chi connectivity index (χ1v) is 7.31. The highest BCUT2D eigenvalue weighted by molar-refractivity contribution is 5.85. The van der Waals surface area contributed by atoms with Crippen LogP contribution in [0.4, 0.5) is 0 Å². The first-order chi connectivity index (χ1) is 9.26. The molecule has 1 fully saturated rings. The summed E-state index contributed by atoms with van der Waals surface area (Å²) in [6, 6.07) is 10.3. The van der Waals surface area contributed by atoms with E-state index in [0.717, 1.165) is 24.8 Å². The van der Waals surface area contributed by atoms with E-state index in [0.29, 0.717) is 12.5 Å². The van der Waals surface area contributed by atoms with Gasteiger partial charge in [-0.1, -0.05) is 43.7 Å². The first-order valence-electron chi connectivity index (χ1n) is 7.31. The highest BCUT2D eigenvalue weighted by Gasteiger charge is 2.29. The molecule has 1 saturated carbocycles. The van der Waals surface area contributed by atoms with Crippen molar-refractivity contribution in [3.05, 3.63) is 35.9 Å². The Morgan fingerprint density at radius 1 is 1.35 bits per heavy atom. The molecule has 3 atom stereocenters. The quantitative estimate of drug-likeness (QED) is 0.878. The number of carbonyl (C=O) groups excluding carboxylic acids is 1. The molecule has 0 aromatic heterocycles. The Kier molecular flexibility index (Phi) is 7.03. The van der Waals surface area contributed by atoms with Crippen LogP contribution in [-0.2, 0) is 4.79 Å². The van der Waals surface area contributed by atoms with Crippen molar-refractivity contribution in [2.24, 2.45) is 11.7 Å². The minimum Gasteiger partial charge on any atom is -0.353 e. The van der Waals surface area contributed by atoms with Crippen molar-refractivity contribution in [3.63, 3.8) is 0 Å². The third-order valence-corrected chi connectivity index (χ3v) is 4.22. The minimum absolute atomic E-state index is 0. The van der Waals surface area contributed by atoms with Crippen LogP contribution in [0, 0.1) is 5.92 Å². The van der Waals surface area contributed by atoms with Gasteiger partial charge in [0.15, 0.2) is 0 Å². The fourth-order valence-corrected chi connectivity index (χ4v) is 3.05. The number of amides is 1. The molecule has 20 heavy (non-hydrogen) atoms. The third-order valence-electron chi connectivity index (χ3n) is 4.22. The molecule has 3 N–H and O–H groups in total. The smallest absolute Gasteiger partial charge is 0.227 e. The molecule has 4 heteroatoms. The summed E-state index contributed by atoms with van der Waals surface area (Å²) in [7, 11) is 0. The molecule has 0 radical (unpaired) electrons. The van der Waals surface area contributed by atoms with E-state index in [1.807, 2.05) is 30.3 Å². The Balaban J connectivity index is 0.00000200. The second kappa shape index (κ2) is 8.28. The number of nitrogens with one attached hydrogen (secondary N) is 1. The third kappa shape index (κ3) is 3.97. The van der Waals surface area contributed by atoms with Crippen molar-refractivity contribution >= 4 is 18.3 Å². The second-order valence-electron chi connectivity index (χ2n) is 5.41. The van der Waals surface area contributed by atoms with E-state index in [-0.39, 0.29) is 30.3 Å². The predicted octanol–water partition coefficient (Wildman–Crippen LogP) is 2.85. The van der Waals surface area contributed by atoms with Gasteiger partial charge in [-0.3, -0.25) is 4.79 Å². The van der Waals surface area contributed by atoms with Gasteiger partial charge in [-0.25, -0.2) is 0 Å². The maximum Gasteiger partial charge on any atom is 0.227 e. The molecule has 112 valence electrons. The molecular weight excluding hydrogens is 272 g/mol. The average molecular weight is 297 g/mol. The maximum absolute atomic E-state index is 12.4. The van der Waals surface area contributed by atoms with Gasteiger partial charge in [0.2, 0.25) is 5.91 Å². The molecule has 1 aliphatic carbocycles. The lowest BCUT2D eigenvalue weighted by Crippen LogP contribution is -2.42. The number of carbonyl (C=O) groups is 1. The average Bonchev–Trinajstić information content (AvgIpc) is 2.88. The summed E-state index contributed by atoms with van der Waals surface area (Å²) < 4.78 is 0. The van der Waals surface area contributed by atoms with Crippen LogP contribution in [0.3, 0.4) is 0 Å². The Labute approximate surface area is 127 Å². The van der Waals surface area contributed by atoms with Gasteiger partial charge in [-0.2, -0.15) is 0 Å². The van der Waals surface area contributed by atoms with E-state index >= 15 is 0 Å². The summed E-state index contributed by atoms with van der Waals surface area (Å²) in [6.07, 6.45) is 4.22. The summed E-state index contributed by atoms with van der Waals surface area (Å²) in [6.45, 7) is 2.74. The molecule has 1 aliphatic rings. The fourth-order valence-electron chi connectivity index (χ4n) is 3.05. The van der Waals surface area contributed by atoms with Gasteiger partial charge in [0.1, 0.15) is 0 Å². The Hall–Kier alpha value is -1.06. The molecule has 2 rings (SSSR count). The van der Waals surface area contributed by atoms with Gasteiger partial charge >= 0.3 is 0 Å². The summed E-state index contributed by atoms with van der Waals surface area (Å²) in [4.78, 5) is 12.4.